The standard InChI is InChI=1S/C19H15FN4O4S/c1-23(19(25)26)11-13-8-17(16-6-2-4-14(9-21)18(16)20)24(12-13)29(27,28)15-5-3-7-22-10-15/h2-8,10,12H,11H2,1H3,(H,25,26). The van der Waals surface area contributed by atoms with Crippen LogP contribution in [0.2, 0.25) is 0 Å². The smallest absolute Gasteiger partial charge is 0.407 e. The third-order valence-corrected chi connectivity index (χ3v) is 5.83. The summed E-state index contributed by atoms with van der Waals surface area (Å²) in [5.74, 6) is -0.867. The second-order valence-corrected chi connectivity index (χ2v) is 7.96. The van der Waals surface area contributed by atoms with Crippen LogP contribution in [0.4, 0.5) is 9.18 Å². The molecule has 0 spiro atoms. The molecule has 1 amide bonds. The highest BCUT2D eigenvalue weighted by atomic mass is 32.2. The highest BCUT2D eigenvalue weighted by molar-refractivity contribution is 7.90. The molecule has 0 aliphatic rings. The van der Waals surface area contributed by atoms with Crippen molar-refractivity contribution in [1.29, 1.82) is 5.26 Å². The first-order valence-electron chi connectivity index (χ1n) is 8.25. The number of halogens is 1. The molecule has 2 heterocycles. The quantitative estimate of drug-likeness (QED) is 0.686. The Labute approximate surface area is 166 Å². The molecular weight excluding hydrogens is 399 g/mol. The highest BCUT2D eigenvalue weighted by Gasteiger charge is 2.25. The van der Waals surface area contributed by atoms with E-state index in [1.807, 2.05) is 0 Å². The third-order valence-electron chi connectivity index (χ3n) is 4.18. The van der Waals surface area contributed by atoms with Crippen molar-refractivity contribution in [1.82, 2.24) is 13.9 Å². The van der Waals surface area contributed by atoms with Crippen molar-refractivity contribution in [3.63, 3.8) is 0 Å². The average molecular weight is 414 g/mol. The van der Waals surface area contributed by atoms with Gasteiger partial charge in [0.2, 0.25) is 0 Å². The van der Waals surface area contributed by atoms with Crippen molar-refractivity contribution in [3.05, 3.63) is 71.9 Å². The summed E-state index contributed by atoms with van der Waals surface area (Å²) >= 11 is 0. The van der Waals surface area contributed by atoms with Crippen LogP contribution >= 0.6 is 0 Å². The molecule has 0 aliphatic heterocycles. The van der Waals surface area contributed by atoms with Crippen LogP contribution in [0.25, 0.3) is 11.3 Å². The number of amides is 1. The fourth-order valence-electron chi connectivity index (χ4n) is 2.75. The monoisotopic (exact) mass is 414 g/mol. The van der Waals surface area contributed by atoms with E-state index in [0.29, 0.717) is 5.56 Å². The number of hydrogen-bond acceptors (Lipinski definition) is 5. The van der Waals surface area contributed by atoms with Crippen LogP contribution in [0.1, 0.15) is 11.1 Å². The normalized spacial score (nSPS) is 11.1. The lowest BCUT2D eigenvalue weighted by atomic mass is 10.1. The molecular formula is C19H15FN4O4S. The van der Waals surface area contributed by atoms with Gasteiger partial charge in [-0.15, -0.1) is 0 Å². The van der Waals surface area contributed by atoms with E-state index in [-0.39, 0.29) is 28.3 Å². The minimum atomic E-state index is -4.15. The van der Waals surface area contributed by atoms with Crippen molar-refractivity contribution < 1.29 is 22.7 Å². The Morgan fingerprint density at radius 3 is 2.72 bits per heavy atom. The van der Waals surface area contributed by atoms with E-state index in [4.69, 9.17) is 10.4 Å². The Morgan fingerprint density at radius 1 is 1.34 bits per heavy atom. The van der Waals surface area contributed by atoms with Gasteiger partial charge in [0.05, 0.1) is 17.8 Å². The van der Waals surface area contributed by atoms with Gasteiger partial charge in [0.15, 0.2) is 0 Å². The largest absolute Gasteiger partial charge is 0.465 e. The maximum absolute atomic E-state index is 14.8. The topological polar surface area (TPSA) is 116 Å². The number of aromatic nitrogens is 2. The molecule has 2 aromatic heterocycles. The molecule has 0 radical (unpaired) electrons. The number of carbonyl (C=O) groups is 1. The van der Waals surface area contributed by atoms with E-state index < -0.39 is 21.9 Å². The first kappa shape index (κ1) is 20.0. The van der Waals surface area contributed by atoms with Gasteiger partial charge in [-0.05, 0) is 35.9 Å². The molecule has 0 unspecified atom stereocenters. The van der Waals surface area contributed by atoms with Crippen LogP contribution < -0.4 is 0 Å². The molecule has 29 heavy (non-hydrogen) atoms. The number of rotatable bonds is 5. The predicted octanol–water partition coefficient (Wildman–Crippen LogP) is 2.91. The van der Waals surface area contributed by atoms with Gasteiger partial charge in [-0.3, -0.25) is 4.98 Å². The summed E-state index contributed by atoms with van der Waals surface area (Å²) in [5, 5.41) is 18.2. The molecule has 0 saturated heterocycles. The summed E-state index contributed by atoms with van der Waals surface area (Å²) in [5.41, 5.74) is -0.0321. The molecule has 0 aliphatic carbocycles. The zero-order valence-corrected chi connectivity index (χ0v) is 16.0. The van der Waals surface area contributed by atoms with E-state index in [2.05, 4.69) is 4.98 Å². The Hall–Kier alpha value is -3.71. The molecule has 3 aromatic rings. The number of nitriles is 1. The van der Waals surface area contributed by atoms with Gasteiger partial charge in [0, 0.05) is 31.2 Å². The Balaban J connectivity index is 2.24. The number of carboxylic acid groups (broad SMARTS) is 1. The fourth-order valence-corrected chi connectivity index (χ4v) is 4.11. The van der Waals surface area contributed by atoms with Crippen LogP contribution in [-0.4, -0.2) is 40.5 Å². The number of benzene rings is 1. The molecule has 0 bridgehead atoms. The predicted molar refractivity (Wildman–Crippen MR) is 101 cm³/mol. The van der Waals surface area contributed by atoms with Gasteiger partial charge < -0.3 is 10.0 Å². The second kappa shape index (κ2) is 7.73. The van der Waals surface area contributed by atoms with Crippen LogP contribution in [0, 0.1) is 17.1 Å². The number of nitrogens with zero attached hydrogens (tertiary/aromatic N) is 4. The summed E-state index contributed by atoms with van der Waals surface area (Å²) in [6.07, 6.45) is 2.60. The SMILES string of the molecule is CN(Cc1cc(-c2cccc(C#N)c2F)n(S(=O)(=O)c2cccnc2)c1)C(=O)O. The van der Waals surface area contributed by atoms with E-state index in [9.17, 15) is 17.6 Å². The maximum atomic E-state index is 14.8. The first-order chi connectivity index (χ1) is 13.8. The second-order valence-electron chi connectivity index (χ2n) is 6.14. The van der Waals surface area contributed by atoms with Crippen LogP contribution in [-0.2, 0) is 16.6 Å². The number of hydrogen-bond donors (Lipinski definition) is 1. The minimum Gasteiger partial charge on any atom is -0.465 e. The van der Waals surface area contributed by atoms with Crippen molar-refractivity contribution >= 4 is 16.1 Å². The first-order valence-corrected chi connectivity index (χ1v) is 9.69. The summed E-state index contributed by atoms with van der Waals surface area (Å²) in [6, 6.07) is 9.97. The van der Waals surface area contributed by atoms with Crippen molar-refractivity contribution in [2.45, 2.75) is 11.4 Å². The van der Waals surface area contributed by atoms with E-state index >= 15 is 0 Å². The number of pyridine rings is 1. The average Bonchev–Trinajstić information content (AvgIpc) is 3.13. The van der Waals surface area contributed by atoms with E-state index in [1.165, 1.54) is 55.8 Å². The van der Waals surface area contributed by atoms with Crippen LogP contribution in [0.3, 0.4) is 0 Å². The molecule has 1 aromatic carbocycles. The van der Waals surface area contributed by atoms with Crippen molar-refractivity contribution in [2.75, 3.05) is 7.05 Å². The van der Waals surface area contributed by atoms with Crippen molar-refractivity contribution in [3.8, 4) is 17.3 Å². The van der Waals surface area contributed by atoms with Crippen molar-refractivity contribution in [2.24, 2.45) is 0 Å². The minimum absolute atomic E-state index is 0.0303. The lowest BCUT2D eigenvalue weighted by molar-refractivity contribution is 0.154. The molecule has 148 valence electrons. The molecule has 8 nitrogen and oxygen atoms in total. The zero-order chi connectivity index (χ0) is 21.2. The Bertz CT molecular complexity index is 1220. The molecule has 0 fully saturated rings. The Kier molecular flexibility index (Phi) is 5.34. The van der Waals surface area contributed by atoms with Gasteiger partial charge in [-0.1, -0.05) is 6.07 Å². The van der Waals surface area contributed by atoms with Gasteiger partial charge in [0.25, 0.3) is 10.0 Å². The molecule has 3 rings (SSSR count). The molecule has 1 N–H and O–H groups in total. The lowest BCUT2D eigenvalue weighted by Crippen LogP contribution is -2.23. The summed E-state index contributed by atoms with van der Waals surface area (Å²) < 4.78 is 41.9. The third kappa shape index (κ3) is 3.81. The summed E-state index contributed by atoms with van der Waals surface area (Å²) in [6.45, 7) is -0.114. The summed E-state index contributed by atoms with van der Waals surface area (Å²) in [7, 11) is -2.83. The highest BCUT2D eigenvalue weighted by Crippen LogP contribution is 2.30. The van der Waals surface area contributed by atoms with Gasteiger partial charge >= 0.3 is 6.09 Å². The van der Waals surface area contributed by atoms with E-state index in [0.717, 1.165) is 15.1 Å². The van der Waals surface area contributed by atoms with E-state index in [1.54, 1.807) is 6.07 Å². The Morgan fingerprint density at radius 2 is 2.10 bits per heavy atom. The molecule has 0 atom stereocenters. The fraction of sp³-hybridized carbons (Fsp3) is 0.105. The molecule has 0 saturated carbocycles. The lowest BCUT2D eigenvalue weighted by Gasteiger charge is -2.11. The van der Waals surface area contributed by atoms with Gasteiger partial charge in [0.1, 0.15) is 16.8 Å². The van der Waals surface area contributed by atoms with Crippen LogP contribution in [0.5, 0.6) is 0 Å². The zero-order valence-electron chi connectivity index (χ0n) is 15.2. The summed E-state index contributed by atoms with van der Waals surface area (Å²) in [4.78, 5) is 15.8. The maximum Gasteiger partial charge on any atom is 0.407 e. The van der Waals surface area contributed by atoms with Gasteiger partial charge in [-0.25, -0.2) is 21.6 Å². The van der Waals surface area contributed by atoms with Gasteiger partial charge in [-0.2, -0.15) is 5.26 Å². The molecule has 10 heteroatoms. The van der Waals surface area contributed by atoms with Crippen LogP contribution in [0.15, 0.2) is 59.9 Å².